The average molecular weight is 246 g/mol. The standard InChI is InChI=1S/C17H23F/c1-2-3-14-4-8-16(9-5-14)17-10-6-15(7-11-17)12-13-18/h4-5,8-9,12-13,15,17H,2-3,6-7,10-11H2,1H3/b13-12+. The van der Waals surface area contributed by atoms with Crippen molar-refractivity contribution >= 4 is 0 Å². The molecule has 0 N–H and O–H groups in total. The fourth-order valence-electron chi connectivity index (χ4n) is 2.99. The molecule has 18 heavy (non-hydrogen) atoms. The normalized spacial score (nSPS) is 24.6. The second-order valence-corrected chi connectivity index (χ2v) is 5.42. The number of aryl methyl sites for hydroxylation is 1. The SMILES string of the molecule is CCCc1ccc(C2CCC(/C=C/F)CC2)cc1. The van der Waals surface area contributed by atoms with Crippen LogP contribution in [0.3, 0.4) is 0 Å². The van der Waals surface area contributed by atoms with Crippen LogP contribution in [0.2, 0.25) is 0 Å². The average Bonchev–Trinajstić information content (AvgIpc) is 2.41. The molecular formula is C17H23F. The molecule has 0 spiro atoms. The largest absolute Gasteiger partial charge is 0.216 e. The third-order valence-electron chi connectivity index (χ3n) is 4.11. The zero-order valence-electron chi connectivity index (χ0n) is 11.2. The summed E-state index contributed by atoms with van der Waals surface area (Å²) in [5.74, 6) is 1.15. The molecule has 0 nitrogen and oxygen atoms in total. The van der Waals surface area contributed by atoms with Gasteiger partial charge in [0.05, 0.1) is 6.33 Å². The molecule has 0 bridgehead atoms. The van der Waals surface area contributed by atoms with Crippen LogP contribution in [0.5, 0.6) is 0 Å². The predicted octanol–water partition coefficient (Wildman–Crippen LogP) is 5.40. The van der Waals surface area contributed by atoms with Gasteiger partial charge in [-0.2, -0.15) is 0 Å². The summed E-state index contributed by atoms with van der Waals surface area (Å²) in [6.45, 7) is 2.22. The molecule has 0 aromatic heterocycles. The van der Waals surface area contributed by atoms with Gasteiger partial charge in [0.1, 0.15) is 0 Å². The first kappa shape index (κ1) is 13.3. The Labute approximate surface area is 110 Å². The molecule has 0 amide bonds. The van der Waals surface area contributed by atoms with Gasteiger partial charge in [0, 0.05) is 0 Å². The lowest BCUT2D eigenvalue weighted by atomic mass is 9.78. The molecule has 2 rings (SSSR count). The Morgan fingerprint density at radius 1 is 1.11 bits per heavy atom. The molecule has 1 aliphatic rings. The van der Waals surface area contributed by atoms with Crippen LogP contribution in [0.15, 0.2) is 36.7 Å². The van der Waals surface area contributed by atoms with Crippen LogP contribution < -0.4 is 0 Å². The maximum atomic E-state index is 12.1. The molecule has 0 heterocycles. The molecule has 0 saturated heterocycles. The van der Waals surface area contributed by atoms with Crippen molar-refractivity contribution in [2.24, 2.45) is 5.92 Å². The van der Waals surface area contributed by atoms with Gasteiger partial charge in [-0.15, -0.1) is 0 Å². The summed E-state index contributed by atoms with van der Waals surface area (Å²) < 4.78 is 12.1. The highest BCUT2D eigenvalue weighted by Crippen LogP contribution is 2.36. The molecule has 1 aliphatic carbocycles. The number of benzene rings is 1. The van der Waals surface area contributed by atoms with Crippen molar-refractivity contribution in [3.8, 4) is 0 Å². The summed E-state index contributed by atoms with van der Waals surface area (Å²) in [6.07, 6.45) is 9.47. The fraction of sp³-hybridized carbons (Fsp3) is 0.529. The van der Waals surface area contributed by atoms with Gasteiger partial charge in [-0.05, 0) is 55.1 Å². The van der Waals surface area contributed by atoms with Crippen molar-refractivity contribution in [2.45, 2.75) is 51.4 Å². The van der Waals surface area contributed by atoms with Gasteiger partial charge in [0.25, 0.3) is 0 Å². The predicted molar refractivity (Wildman–Crippen MR) is 75.4 cm³/mol. The number of halogens is 1. The van der Waals surface area contributed by atoms with Gasteiger partial charge in [-0.3, -0.25) is 0 Å². The van der Waals surface area contributed by atoms with E-state index in [0.717, 1.165) is 12.8 Å². The zero-order chi connectivity index (χ0) is 12.8. The highest BCUT2D eigenvalue weighted by molar-refractivity contribution is 5.26. The summed E-state index contributed by atoms with van der Waals surface area (Å²) in [4.78, 5) is 0. The Hall–Kier alpha value is -1.11. The maximum absolute atomic E-state index is 12.1. The topological polar surface area (TPSA) is 0 Å². The Kier molecular flexibility index (Phi) is 4.98. The molecule has 0 atom stereocenters. The van der Waals surface area contributed by atoms with Crippen molar-refractivity contribution in [3.63, 3.8) is 0 Å². The van der Waals surface area contributed by atoms with E-state index in [9.17, 15) is 4.39 Å². The van der Waals surface area contributed by atoms with Gasteiger partial charge < -0.3 is 0 Å². The molecule has 1 aromatic carbocycles. The summed E-state index contributed by atoms with van der Waals surface area (Å²) in [6, 6.07) is 9.13. The zero-order valence-corrected chi connectivity index (χ0v) is 11.2. The first-order valence-electron chi connectivity index (χ1n) is 7.19. The van der Waals surface area contributed by atoms with Crippen LogP contribution in [0.4, 0.5) is 4.39 Å². The van der Waals surface area contributed by atoms with Crippen LogP contribution in [0, 0.1) is 5.92 Å². The molecule has 0 aliphatic heterocycles. The Balaban J connectivity index is 1.92. The van der Waals surface area contributed by atoms with E-state index in [1.165, 1.54) is 36.8 Å². The molecule has 1 saturated carbocycles. The molecule has 1 heteroatoms. The van der Waals surface area contributed by atoms with Gasteiger partial charge in [-0.1, -0.05) is 43.7 Å². The van der Waals surface area contributed by atoms with Crippen LogP contribution in [0.1, 0.15) is 56.1 Å². The number of rotatable bonds is 4. The first-order valence-corrected chi connectivity index (χ1v) is 7.19. The van der Waals surface area contributed by atoms with E-state index in [-0.39, 0.29) is 0 Å². The van der Waals surface area contributed by atoms with Crippen LogP contribution in [-0.4, -0.2) is 0 Å². The number of hydrogen-bond acceptors (Lipinski definition) is 0. The second kappa shape index (κ2) is 6.72. The third-order valence-corrected chi connectivity index (χ3v) is 4.11. The van der Waals surface area contributed by atoms with E-state index >= 15 is 0 Å². The van der Waals surface area contributed by atoms with Crippen molar-refractivity contribution < 1.29 is 4.39 Å². The third kappa shape index (κ3) is 3.44. The number of hydrogen-bond donors (Lipinski definition) is 0. The van der Waals surface area contributed by atoms with E-state index in [0.29, 0.717) is 18.2 Å². The first-order chi connectivity index (χ1) is 8.83. The van der Waals surface area contributed by atoms with E-state index in [4.69, 9.17) is 0 Å². The van der Waals surface area contributed by atoms with E-state index in [1.54, 1.807) is 6.08 Å². The van der Waals surface area contributed by atoms with Crippen LogP contribution in [0.25, 0.3) is 0 Å². The Morgan fingerprint density at radius 2 is 1.78 bits per heavy atom. The lowest BCUT2D eigenvalue weighted by Crippen LogP contribution is -2.11. The number of allylic oxidation sites excluding steroid dienone is 1. The lowest BCUT2D eigenvalue weighted by Gasteiger charge is -2.27. The Morgan fingerprint density at radius 3 is 2.33 bits per heavy atom. The molecule has 0 unspecified atom stereocenters. The Bertz CT molecular complexity index is 369. The van der Waals surface area contributed by atoms with E-state index < -0.39 is 0 Å². The summed E-state index contributed by atoms with van der Waals surface area (Å²) in [5, 5.41) is 0. The minimum atomic E-state index is 0.464. The van der Waals surface area contributed by atoms with Crippen molar-refractivity contribution in [1.29, 1.82) is 0 Å². The van der Waals surface area contributed by atoms with Gasteiger partial charge in [-0.25, -0.2) is 4.39 Å². The second-order valence-electron chi connectivity index (χ2n) is 5.42. The summed E-state index contributed by atoms with van der Waals surface area (Å²) in [7, 11) is 0. The van der Waals surface area contributed by atoms with Crippen LogP contribution in [-0.2, 0) is 6.42 Å². The van der Waals surface area contributed by atoms with Crippen molar-refractivity contribution in [1.82, 2.24) is 0 Å². The molecule has 1 aromatic rings. The lowest BCUT2D eigenvalue weighted by molar-refractivity contribution is 0.373. The minimum absolute atomic E-state index is 0.464. The van der Waals surface area contributed by atoms with E-state index in [1.807, 2.05) is 0 Å². The molecule has 0 radical (unpaired) electrons. The van der Waals surface area contributed by atoms with Crippen molar-refractivity contribution in [3.05, 3.63) is 47.8 Å². The maximum Gasteiger partial charge on any atom is 0.0829 e. The summed E-state index contributed by atoms with van der Waals surface area (Å²) >= 11 is 0. The molecule has 98 valence electrons. The van der Waals surface area contributed by atoms with Gasteiger partial charge >= 0.3 is 0 Å². The quantitative estimate of drug-likeness (QED) is 0.667. The van der Waals surface area contributed by atoms with E-state index in [2.05, 4.69) is 31.2 Å². The van der Waals surface area contributed by atoms with Gasteiger partial charge in [0.15, 0.2) is 0 Å². The smallest absolute Gasteiger partial charge is 0.0829 e. The molecular weight excluding hydrogens is 223 g/mol. The fourth-order valence-corrected chi connectivity index (χ4v) is 2.99. The minimum Gasteiger partial charge on any atom is -0.216 e. The highest BCUT2D eigenvalue weighted by Gasteiger charge is 2.20. The monoisotopic (exact) mass is 246 g/mol. The van der Waals surface area contributed by atoms with Crippen molar-refractivity contribution in [2.75, 3.05) is 0 Å². The van der Waals surface area contributed by atoms with Gasteiger partial charge in [0.2, 0.25) is 0 Å². The molecule has 1 fully saturated rings. The summed E-state index contributed by atoms with van der Waals surface area (Å²) in [5.41, 5.74) is 2.91. The van der Waals surface area contributed by atoms with Crippen LogP contribution >= 0.6 is 0 Å². The highest BCUT2D eigenvalue weighted by atomic mass is 19.1.